The Labute approximate surface area is 293 Å². The molecule has 252 valence electrons. The zero-order valence-electron chi connectivity index (χ0n) is 30.2. The molecule has 1 aliphatic carbocycles. The summed E-state index contributed by atoms with van der Waals surface area (Å²) in [6.07, 6.45) is 19.6. The fourth-order valence-corrected chi connectivity index (χ4v) is 8.85. The van der Waals surface area contributed by atoms with Crippen LogP contribution in [0.25, 0.3) is 21.5 Å². The largest absolute Gasteiger partial charge is 0.396 e. The van der Waals surface area contributed by atoms with Gasteiger partial charge in [-0.15, -0.1) is 0 Å². The summed E-state index contributed by atoms with van der Waals surface area (Å²) in [6, 6.07) is 26.9. The Kier molecular flexibility index (Phi) is 9.24. The highest BCUT2D eigenvalue weighted by Crippen LogP contribution is 2.51. The molecule has 0 atom stereocenters. The third-order valence-corrected chi connectivity index (χ3v) is 11.2. The Balaban J connectivity index is 1.22. The molecule has 0 saturated heterocycles. The summed E-state index contributed by atoms with van der Waals surface area (Å²) in [5.74, 6) is 0. The SMILES string of the molecule is CCC[N+]1=C(/C=C/C2=CC(=C/C=C3\N(CCCCCO)c4ccc5ccccc5c4C3(C)C)/CCC2)C(C)(C)c2c1ccc1ccccc21. The molecule has 0 aromatic heterocycles. The summed E-state index contributed by atoms with van der Waals surface area (Å²) >= 11 is 0. The van der Waals surface area contributed by atoms with Crippen LogP contribution in [0.1, 0.15) is 90.7 Å². The molecule has 0 unspecified atom stereocenters. The van der Waals surface area contributed by atoms with Crippen LogP contribution < -0.4 is 4.90 Å². The minimum absolute atomic E-state index is 0.0753. The fourth-order valence-electron chi connectivity index (χ4n) is 8.85. The Hall–Kier alpha value is -4.21. The third kappa shape index (κ3) is 6.01. The van der Waals surface area contributed by atoms with Gasteiger partial charge < -0.3 is 10.0 Å². The molecule has 0 radical (unpaired) electrons. The van der Waals surface area contributed by atoms with Crippen molar-refractivity contribution in [2.24, 2.45) is 0 Å². The summed E-state index contributed by atoms with van der Waals surface area (Å²) in [5, 5.41) is 14.8. The van der Waals surface area contributed by atoms with Crippen LogP contribution in [0.5, 0.6) is 0 Å². The molecule has 3 aliphatic rings. The van der Waals surface area contributed by atoms with Crippen molar-refractivity contribution >= 4 is 38.6 Å². The van der Waals surface area contributed by atoms with Crippen molar-refractivity contribution in [3.8, 4) is 0 Å². The van der Waals surface area contributed by atoms with Gasteiger partial charge in [-0.25, -0.2) is 0 Å². The van der Waals surface area contributed by atoms with Crippen LogP contribution in [0.3, 0.4) is 0 Å². The van der Waals surface area contributed by atoms with Crippen LogP contribution in [0, 0.1) is 0 Å². The van der Waals surface area contributed by atoms with Gasteiger partial charge >= 0.3 is 0 Å². The zero-order chi connectivity index (χ0) is 34.2. The number of hydrogen-bond acceptors (Lipinski definition) is 2. The average Bonchev–Trinajstić information content (AvgIpc) is 3.46. The second kappa shape index (κ2) is 13.6. The average molecular weight is 650 g/mol. The van der Waals surface area contributed by atoms with Crippen molar-refractivity contribution in [2.75, 3.05) is 24.6 Å². The van der Waals surface area contributed by atoms with Crippen molar-refractivity contribution in [3.63, 3.8) is 0 Å². The van der Waals surface area contributed by atoms with Gasteiger partial charge in [0.1, 0.15) is 6.54 Å². The molecule has 3 heteroatoms. The summed E-state index contributed by atoms with van der Waals surface area (Å²) in [6.45, 7) is 14.1. The van der Waals surface area contributed by atoms with Crippen LogP contribution in [0.4, 0.5) is 11.4 Å². The van der Waals surface area contributed by atoms with E-state index in [1.807, 2.05) is 0 Å². The fraction of sp³-hybridized carbons (Fsp3) is 0.370. The number of benzene rings is 4. The molecule has 3 nitrogen and oxygen atoms in total. The third-order valence-electron chi connectivity index (χ3n) is 11.2. The zero-order valence-corrected chi connectivity index (χ0v) is 30.2. The van der Waals surface area contributed by atoms with Crippen molar-refractivity contribution in [1.82, 2.24) is 0 Å². The quantitative estimate of drug-likeness (QED) is 0.137. The summed E-state index contributed by atoms with van der Waals surface area (Å²) in [4.78, 5) is 2.56. The molecular weight excluding hydrogens is 597 g/mol. The van der Waals surface area contributed by atoms with Gasteiger partial charge in [0.2, 0.25) is 5.69 Å². The van der Waals surface area contributed by atoms with Crippen LogP contribution in [-0.2, 0) is 10.8 Å². The molecule has 4 aromatic rings. The maximum atomic E-state index is 9.41. The van der Waals surface area contributed by atoms with Crippen LogP contribution in [0.15, 0.2) is 120 Å². The van der Waals surface area contributed by atoms with E-state index in [4.69, 9.17) is 0 Å². The molecule has 0 spiro atoms. The van der Waals surface area contributed by atoms with Crippen molar-refractivity contribution < 1.29 is 9.68 Å². The Morgan fingerprint density at radius 1 is 0.755 bits per heavy atom. The normalized spacial score (nSPS) is 19.9. The highest BCUT2D eigenvalue weighted by Gasteiger charge is 2.45. The number of aliphatic hydroxyl groups is 1. The summed E-state index contributed by atoms with van der Waals surface area (Å²) in [7, 11) is 0. The molecule has 0 saturated carbocycles. The van der Waals surface area contributed by atoms with Gasteiger partial charge in [-0.2, -0.15) is 4.58 Å². The van der Waals surface area contributed by atoms with Crippen molar-refractivity contribution in [3.05, 3.63) is 131 Å². The van der Waals surface area contributed by atoms with Gasteiger partial charge in [-0.1, -0.05) is 93.6 Å². The molecule has 2 heterocycles. The number of unbranched alkanes of at least 4 members (excludes halogenated alkanes) is 2. The van der Waals surface area contributed by atoms with Gasteiger partial charge in [0, 0.05) is 54.1 Å². The molecule has 0 bridgehead atoms. The molecule has 49 heavy (non-hydrogen) atoms. The first-order valence-electron chi connectivity index (χ1n) is 18.6. The minimum Gasteiger partial charge on any atom is -0.396 e. The lowest BCUT2D eigenvalue weighted by Crippen LogP contribution is -2.28. The smallest absolute Gasteiger partial charge is 0.210 e. The molecule has 2 aliphatic heterocycles. The second-order valence-electron chi connectivity index (χ2n) is 15.3. The van der Waals surface area contributed by atoms with Gasteiger partial charge in [0.15, 0.2) is 5.71 Å². The van der Waals surface area contributed by atoms with Crippen LogP contribution >= 0.6 is 0 Å². The number of nitrogens with zero attached hydrogens (tertiary/aromatic N) is 2. The van der Waals surface area contributed by atoms with E-state index in [0.29, 0.717) is 0 Å². The Morgan fingerprint density at radius 2 is 1.47 bits per heavy atom. The lowest BCUT2D eigenvalue weighted by Gasteiger charge is -2.27. The lowest BCUT2D eigenvalue weighted by atomic mass is 9.79. The number of aliphatic hydroxyl groups excluding tert-OH is 1. The molecule has 0 amide bonds. The Bertz CT molecular complexity index is 2050. The first kappa shape index (κ1) is 33.3. The van der Waals surface area contributed by atoms with E-state index in [-0.39, 0.29) is 17.4 Å². The summed E-state index contributed by atoms with van der Waals surface area (Å²) < 4.78 is 2.57. The molecule has 1 N–H and O–H groups in total. The van der Waals surface area contributed by atoms with E-state index in [2.05, 4.69) is 147 Å². The standard InChI is InChI=1S/C46H53N2O/c1-6-29-47-39-25-23-35-17-8-10-19-37(35)43(39)45(2,3)41(47)27-21-33-15-14-16-34(32-33)22-28-42-46(4,5)44-38-20-11-9-18-36(38)24-26-40(44)48(42)30-12-7-13-31-49/h8-11,17-28,32,49H,6-7,12-16,29-31H2,1-5H3/q+1. The van der Waals surface area contributed by atoms with Gasteiger partial charge in [0.25, 0.3) is 0 Å². The first-order chi connectivity index (χ1) is 23.8. The van der Waals surface area contributed by atoms with Crippen LogP contribution in [-0.4, -0.2) is 35.1 Å². The highest BCUT2D eigenvalue weighted by molar-refractivity contribution is 6.07. The second-order valence-corrected chi connectivity index (χ2v) is 15.3. The number of allylic oxidation sites excluding steroid dienone is 8. The minimum atomic E-state index is -0.113. The van der Waals surface area contributed by atoms with Crippen LogP contribution in [0.2, 0.25) is 0 Å². The van der Waals surface area contributed by atoms with Crippen molar-refractivity contribution in [1.29, 1.82) is 0 Å². The van der Waals surface area contributed by atoms with E-state index in [9.17, 15) is 5.11 Å². The number of anilines is 1. The highest BCUT2D eigenvalue weighted by atomic mass is 16.2. The van der Waals surface area contributed by atoms with Gasteiger partial charge in [-0.05, 0) is 109 Å². The van der Waals surface area contributed by atoms with E-state index in [1.54, 1.807) is 0 Å². The van der Waals surface area contributed by atoms with E-state index < -0.39 is 0 Å². The predicted molar refractivity (Wildman–Crippen MR) is 210 cm³/mol. The number of fused-ring (bicyclic) bond motifs is 6. The van der Waals surface area contributed by atoms with E-state index in [0.717, 1.165) is 51.6 Å². The summed E-state index contributed by atoms with van der Waals surface area (Å²) in [5.41, 5.74) is 11.0. The number of rotatable bonds is 10. The molecule has 7 rings (SSSR count). The van der Waals surface area contributed by atoms with Gasteiger partial charge in [-0.3, -0.25) is 0 Å². The maximum absolute atomic E-state index is 9.41. The van der Waals surface area contributed by atoms with Crippen molar-refractivity contribution in [2.45, 2.75) is 90.4 Å². The van der Waals surface area contributed by atoms with E-state index >= 15 is 0 Å². The molecular formula is C46H53N2O+. The lowest BCUT2D eigenvalue weighted by molar-refractivity contribution is -0.437. The van der Waals surface area contributed by atoms with Gasteiger partial charge in [0.05, 0.1) is 5.41 Å². The topological polar surface area (TPSA) is 26.5 Å². The maximum Gasteiger partial charge on any atom is 0.210 e. The predicted octanol–water partition coefficient (Wildman–Crippen LogP) is 11.2. The first-order valence-corrected chi connectivity index (χ1v) is 18.6. The van der Waals surface area contributed by atoms with E-state index in [1.165, 1.54) is 73.0 Å². The molecule has 0 fully saturated rings. The monoisotopic (exact) mass is 649 g/mol. The Morgan fingerprint density at radius 3 is 2.20 bits per heavy atom. The number of hydrogen-bond donors (Lipinski definition) is 1. The molecule has 4 aromatic carbocycles.